The van der Waals surface area contributed by atoms with E-state index in [-0.39, 0.29) is 18.2 Å². The van der Waals surface area contributed by atoms with Crippen molar-refractivity contribution in [1.29, 1.82) is 0 Å². The zero-order chi connectivity index (χ0) is 15.4. The van der Waals surface area contributed by atoms with E-state index in [1.165, 1.54) is 0 Å². The molecule has 0 amide bonds. The minimum absolute atomic E-state index is 0.0543. The van der Waals surface area contributed by atoms with Crippen molar-refractivity contribution in [3.05, 3.63) is 0 Å². The molecular weight excluding hydrogens is 302 g/mol. The molecule has 0 aromatic rings. The summed E-state index contributed by atoms with van der Waals surface area (Å²) in [6, 6.07) is 0. The molecule has 2 fully saturated rings. The summed E-state index contributed by atoms with van der Waals surface area (Å²) in [7, 11) is 0. The summed E-state index contributed by atoms with van der Waals surface area (Å²) >= 11 is 1.65. The fourth-order valence-electron chi connectivity index (χ4n) is 3.32. The lowest BCUT2D eigenvalue weighted by Gasteiger charge is -2.34. The molecule has 2 saturated heterocycles. The lowest BCUT2D eigenvalue weighted by molar-refractivity contribution is -0.156. The fourth-order valence-corrected chi connectivity index (χ4v) is 4.66. The summed E-state index contributed by atoms with van der Waals surface area (Å²) in [5.74, 6) is 0.381. The van der Waals surface area contributed by atoms with Gasteiger partial charge in [-0.05, 0) is 45.4 Å². The first-order valence-electron chi connectivity index (χ1n) is 8.39. The van der Waals surface area contributed by atoms with E-state index in [0.717, 1.165) is 50.2 Å². The van der Waals surface area contributed by atoms with Crippen LogP contribution >= 0.6 is 11.8 Å². The maximum Gasteiger partial charge on any atom is 0.337 e. The lowest BCUT2D eigenvalue weighted by Crippen LogP contribution is -2.52. The summed E-state index contributed by atoms with van der Waals surface area (Å²) in [5, 5.41) is 0.960. The van der Waals surface area contributed by atoms with E-state index in [1.54, 1.807) is 11.8 Å². The van der Waals surface area contributed by atoms with Crippen LogP contribution in [-0.4, -0.2) is 54.3 Å². The minimum atomic E-state index is -0.864. The van der Waals surface area contributed by atoms with Crippen LogP contribution in [0.15, 0.2) is 4.99 Å². The predicted octanol–water partition coefficient (Wildman–Crippen LogP) is 2.57. The number of ether oxygens (including phenoxy) is 3. The number of carbonyl (C=O) groups excluding carboxylic acids is 1. The first kappa shape index (κ1) is 16.3. The van der Waals surface area contributed by atoms with Gasteiger partial charge in [-0.2, -0.15) is 0 Å². The third kappa shape index (κ3) is 3.19. The molecule has 0 saturated carbocycles. The highest BCUT2D eigenvalue weighted by molar-refractivity contribution is 8.14. The number of carbonyl (C=O) groups is 1. The molecule has 0 bridgehead atoms. The Hall–Kier alpha value is -0.590. The topological polar surface area (TPSA) is 57.1 Å². The van der Waals surface area contributed by atoms with Gasteiger partial charge in [0.25, 0.3) is 0 Å². The van der Waals surface area contributed by atoms with Gasteiger partial charge in [0.2, 0.25) is 0 Å². The summed E-state index contributed by atoms with van der Waals surface area (Å²) in [6.07, 6.45) is 6.19. The molecule has 124 valence electrons. The highest BCUT2D eigenvalue weighted by Gasteiger charge is 2.52. The number of hydrogen-bond donors (Lipinski definition) is 0. The fraction of sp³-hybridized carbons (Fsp3) is 0.875. The van der Waals surface area contributed by atoms with E-state index >= 15 is 0 Å². The third-order valence-corrected chi connectivity index (χ3v) is 5.78. The van der Waals surface area contributed by atoms with Gasteiger partial charge in [0.15, 0.2) is 5.54 Å². The van der Waals surface area contributed by atoms with Crippen molar-refractivity contribution in [1.82, 2.24) is 0 Å². The van der Waals surface area contributed by atoms with E-state index < -0.39 is 5.54 Å². The van der Waals surface area contributed by atoms with Crippen molar-refractivity contribution < 1.29 is 19.0 Å². The molecule has 0 aromatic carbocycles. The molecule has 0 spiro atoms. The molecular formula is C16H25NO4S. The molecule has 0 N–H and O–H groups in total. The van der Waals surface area contributed by atoms with Crippen LogP contribution in [0.3, 0.4) is 0 Å². The van der Waals surface area contributed by atoms with Gasteiger partial charge >= 0.3 is 5.97 Å². The Morgan fingerprint density at radius 1 is 1.27 bits per heavy atom. The lowest BCUT2D eigenvalue weighted by atomic mass is 9.89. The Balaban J connectivity index is 1.82. The van der Waals surface area contributed by atoms with E-state index in [0.29, 0.717) is 19.0 Å². The number of nitrogens with zero attached hydrogens (tertiary/aromatic N) is 1. The predicted molar refractivity (Wildman–Crippen MR) is 86.4 cm³/mol. The normalized spacial score (nSPS) is 36.0. The Morgan fingerprint density at radius 3 is 2.68 bits per heavy atom. The van der Waals surface area contributed by atoms with Crippen LogP contribution < -0.4 is 0 Å². The van der Waals surface area contributed by atoms with E-state index in [9.17, 15) is 4.79 Å². The minimum Gasteiger partial charge on any atom is -0.464 e. The largest absolute Gasteiger partial charge is 0.464 e. The molecule has 0 radical (unpaired) electrons. The molecule has 0 aliphatic carbocycles. The van der Waals surface area contributed by atoms with Crippen molar-refractivity contribution in [2.75, 3.05) is 25.6 Å². The highest BCUT2D eigenvalue weighted by atomic mass is 32.2. The van der Waals surface area contributed by atoms with Crippen LogP contribution in [0, 0.1) is 0 Å². The van der Waals surface area contributed by atoms with Gasteiger partial charge < -0.3 is 14.2 Å². The van der Waals surface area contributed by atoms with Gasteiger partial charge in [-0.25, -0.2) is 4.79 Å². The summed E-state index contributed by atoms with van der Waals surface area (Å²) in [4.78, 5) is 17.5. The highest BCUT2D eigenvalue weighted by Crippen LogP contribution is 2.39. The Kier molecular flexibility index (Phi) is 5.42. The molecule has 22 heavy (non-hydrogen) atoms. The third-order valence-electron chi connectivity index (χ3n) is 4.55. The average Bonchev–Trinajstić information content (AvgIpc) is 3.03. The van der Waals surface area contributed by atoms with Crippen molar-refractivity contribution in [2.24, 2.45) is 4.99 Å². The molecule has 3 aliphatic rings. The van der Waals surface area contributed by atoms with E-state index in [2.05, 4.69) is 0 Å². The molecule has 3 unspecified atom stereocenters. The number of esters is 1. The molecule has 3 rings (SSSR count). The standard InChI is InChI=1S/C16H25NO4S/c1-2-19-15(18)16(13-8-4-6-10-21-13)11-22-14(17-16)12-7-3-5-9-20-12/h12-13H,2-11H2,1H3. The maximum atomic E-state index is 12.6. The second kappa shape index (κ2) is 7.32. The van der Waals surface area contributed by atoms with Crippen LogP contribution in [0.2, 0.25) is 0 Å². The van der Waals surface area contributed by atoms with E-state index in [1.807, 2.05) is 6.92 Å². The summed E-state index contributed by atoms with van der Waals surface area (Å²) < 4.78 is 17.1. The monoisotopic (exact) mass is 327 g/mol. The Labute approximate surface area is 136 Å². The SMILES string of the molecule is CCOC(=O)C1(C2CCCCO2)CSC(C2CCCCO2)=N1. The van der Waals surface area contributed by atoms with Crippen LogP contribution in [0.5, 0.6) is 0 Å². The Bertz CT molecular complexity index is 430. The second-order valence-electron chi connectivity index (χ2n) is 6.09. The quantitative estimate of drug-likeness (QED) is 0.743. The van der Waals surface area contributed by atoms with Gasteiger partial charge in [-0.1, -0.05) is 0 Å². The van der Waals surface area contributed by atoms with Crippen molar-refractivity contribution in [3.8, 4) is 0 Å². The zero-order valence-corrected chi connectivity index (χ0v) is 14.0. The van der Waals surface area contributed by atoms with Crippen LogP contribution in [0.25, 0.3) is 0 Å². The van der Waals surface area contributed by atoms with Gasteiger partial charge in [-0.3, -0.25) is 4.99 Å². The zero-order valence-electron chi connectivity index (χ0n) is 13.2. The van der Waals surface area contributed by atoms with Crippen molar-refractivity contribution in [3.63, 3.8) is 0 Å². The maximum absolute atomic E-state index is 12.6. The first-order valence-corrected chi connectivity index (χ1v) is 9.38. The van der Waals surface area contributed by atoms with Crippen molar-refractivity contribution >= 4 is 22.8 Å². The molecule has 3 aliphatic heterocycles. The van der Waals surface area contributed by atoms with Crippen LogP contribution in [0.1, 0.15) is 45.4 Å². The number of thioether (sulfide) groups is 1. The molecule has 6 heteroatoms. The number of rotatable bonds is 4. The first-order chi connectivity index (χ1) is 10.8. The van der Waals surface area contributed by atoms with Gasteiger partial charge in [0.1, 0.15) is 6.10 Å². The van der Waals surface area contributed by atoms with Gasteiger partial charge in [0.05, 0.1) is 17.8 Å². The van der Waals surface area contributed by atoms with Crippen LogP contribution in [-0.2, 0) is 19.0 Å². The van der Waals surface area contributed by atoms with Crippen LogP contribution in [0.4, 0.5) is 0 Å². The van der Waals surface area contributed by atoms with Gasteiger partial charge in [0, 0.05) is 19.0 Å². The number of hydrogen-bond acceptors (Lipinski definition) is 6. The average molecular weight is 327 g/mol. The summed E-state index contributed by atoms with van der Waals surface area (Å²) in [6.45, 7) is 3.71. The molecule has 3 atom stereocenters. The summed E-state index contributed by atoms with van der Waals surface area (Å²) in [5.41, 5.74) is -0.864. The van der Waals surface area contributed by atoms with Crippen molar-refractivity contribution in [2.45, 2.75) is 63.2 Å². The Morgan fingerprint density at radius 2 is 2.05 bits per heavy atom. The molecule has 5 nitrogen and oxygen atoms in total. The second-order valence-corrected chi connectivity index (χ2v) is 7.09. The molecule has 3 heterocycles. The van der Waals surface area contributed by atoms with E-state index in [4.69, 9.17) is 19.2 Å². The smallest absolute Gasteiger partial charge is 0.337 e. The molecule has 0 aromatic heterocycles. The number of aliphatic imine (C=N–C) groups is 1. The van der Waals surface area contributed by atoms with Gasteiger partial charge in [-0.15, -0.1) is 11.8 Å².